The number of amides is 3. The maximum absolute atomic E-state index is 13.5. The molecular weight excluding hydrogens is 339 g/mol. The topological polar surface area (TPSA) is 78.9 Å². The molecule has 1 heterocycles. The van der Waals surface area contributed by atoms with Gasteiger partial charge in [-0.1, -0.05) is 43.9 Å². The lowest BCUT2D eigenvalue weighted by Crippen LogP contribution is -2.47. The molecule has 3 rings (SSSR count). The van der Waals surface area contributed by atoms with Crippen molar-refractivity contribution in [3.05, 3.63) is 35.6 Å². The predicted octanol–water partition coefficient (Wildman–Crippen LogP) is 2.35. The molecule has 0 unspecified atom stereocenters. The SMILES string of the molecule is O=C1NC2(CCCCCC2)C(=O)N1C[C@@H](O)COCc1ccccc1F. The standard InChI is InChI=1S/C19H25FN2O4/c20-16-8-4-3-7-14(16)12-26-13-15(23)11-22-17(24)19(21-18(22)25)9-5-1-2-6-10-19/h3-4,7-8,15,23H,1-2,5-6,9-13H2,(H,21,25)/t15-/m1/s1. The number of imide groups is 1. The number of benzene rings is 1. The van der Waals surface area contributed by atoms with Gasteiger partial charge < -0.3 is 15.2 Å². The summed E-state index contributed by atoms with van der Waals surface area (Å²) < 4.78 is 18.9. The fraction of sp³-hybridized carbons (Fsp3) is 0.579. The van der Waals surface area contributed by atoms with Crippen LogP contribution in [0, 0.1) is 5.82 Å². The van der Waals surface area contributed by atoms with Gasteiger partial charge in [0.1, 0.15) is 11.4 Å². The number of aliphatic hydroxyl groups excluding tert-OH is 1. The summed E-state index contributed by atoms with van der Waals surface area (Å²) in [6, 6.07) is 5.79. The first-order valence-corrected chi connectivity index (χ1v) is 9.15. The number of nitrogens with one attached hydrogen (secondary N) is 1. The van der Waals surface area contributed by atoms with Gasteiger partial charge in [-0.3, -0.25) is 9.69 Å². The van der Waals surface area contributed by atoms with E-state index in [2.05, 4.69) is 5.32 Å². The molecule has 1 aliphatic carbocycles. The molecule has 2 aliphatic rings. The zero-order chi connectivity index (χ0) is 18.6. The molecule has 1 saturated carbocycles. The Kier molecular flexibility index (Phi) is 5.88. The van der Waals surface area contributed by atoms with Crippen molar-refractivity contribution in [2.24, 2.45) is 0 Å². The van der Waals surface area contributed by atoms with Gasteiger partial charge in [0.25, 0.3) is 5.91 Å². The van der Waals surface area contributed by atoms with E-state index in [1.165, 1.54) is 6.07 Å². The first-order valence-electron chi connectivity index (χ1n) is 9.15. The maximum Gasteiger partial charge on any atom is 0.325 e. The molecule has 0 radical (unpaired) electrons. The third-order valence-electron chi connectivity index (χ3n) is 5.12. The average molecular weight is 364 g/mol. The van der Waals surface area contributed by atoms with E-state index in [1.807, 2.05) is 0 Å². The van der Waals surface area contributed by atoms with Crippen molar-refractivity contribution < 1.29 is 23.8 Å². The minimum atomic E-state index is -1.02. The molecule has 1 spiro atoms. The number of hydrogen-bond donors (Lipinski definition) is 2. The number of hydrogen-bond acceptors (Lipinski definition) is 4. The lowest BCUT2D eigenvalue weighted by molar-refractivity contribution is -0.133. The molecule has 142 valence electrons. The van der Waals surface area contributed by atoms with E-state index in [9.17, 15) is 19.1 Å². The minimum Gasteiger partial charge on any atom is -0.389 e. The van der Waals surface area contributed by atoms with Crippen LogP contribution in [0.3, 0.4) is 0 Å². The number of urea groups is 1. The lowest BCUT2D eigenvalue weighted by Gasteiger charge is -2.25. The van der Waals surface area contributed by atoms with Gasteiger partial charge in [0.15, 0.2) is 0 Å². The Morgan fingerprint density at radius 2 is 1.88 bits per heavy atom. The van der Waals surface area contributed by atoms with Crippen molar-refractivity contribution >= 4 is 11.9 Å². The van der Waals surface area contributed by atoms with E-state index in [-0.39, 0.29) is 31.5 Å². The summed E-state index contributed by atoms with van der Waals surface area (Å²) in [5.74, 6) is -0.621. The zero-order valence-corrected chi connectivity index (χ0v) is 14.7. The summed E-state index contributed by atoms with van der Waals surface area (Å²) in [5.41, 5.74) is -0.409. The van der Waals surface area contributed by atoms with Crippen LogP contribution in [0.4, 0.5) is 9.18 Å². The van der Waals surface area contributed by atoms with Crippen LogP contribution in [0.15, 0.2) is 24.3 Å². The van der Waals surface area contributed by atoms with Crippen molar-refractivity contribution in [1.29, 1.82) is 0 Å². The van der Waals surface area contributed by atoms with Crippen LogP contribution >= 0.6 is 0 Å². The molecule has 1 atom stereocenters. The number of carbonyl (C=O) groups excluding carboxylic acids is 2. The summed E-state index contributed by atoms with van der Waals surface area (Å²) in [5, 5.41) is 13.0. The van der Waals surface area contributed by atoms with Crippen LogP contribution < -0.4 is 5.32 Å². The zero-order valence-electron chi connectivity index (χ0n) is 14.7. The van der Waals surface area contributed by atoms with Crippen molar-refractivity contribution in [2.75, 3.05) is 13.2 Å². The van der Waals surface area contributed by atoms with Crippen LogP contribution in [0.2, 0.25) is 0 Å². The Morgan fingerprint density at radius 3 is 2.58 bits per heavy atom. The second-order valence-electron chi connectivity index (χ2n) is 7.10. The lowest BCUT2D eigenvalue weighted by atomic mass is 9.90. The quantitative estimate of drug-likeness (QED) is 0.760. The fourth-order valence-corrected chi connectivity index (χ4v) is 3.70. The van der Waals surface area contributed by atoms with Crippen molar-refractivity contribution in [2.45, 2.75) is 56.8 Å². The van der Waals surface area contributed by atoms with Gasteiger partial charge in [-0.25, -0.2) is 9.18 Å². The largest absolute Gasteiger partial charge is 0.389 e. The Morgan fingerprint density at radius 1 is 1.19 bits per heavy atom. The predicted molar refractivity (Wildman–Crippen MR) is 92.7 cm³/mol. The number of nitrogens with zero attached hydrogens (tertiary/aromatic N) is 1. The van der Waals surface area contributed by atoms with Crippen LogP contribution in [-0.2, 0) is 16.1 Å². The summed E-state index contributed by atoms with van der Waals surface area (Å²) in [6.45, 7) is -0.185. The number of aliphatic hydroxyl groups is 1. The van der Waals surface area contributed by atoms with E-state index in [0.29, 0.717) is 18.4 Å². The highest BCUT2D eigenvalue weighted by atomic mass is 19.1. The Labute approximate surface area is 152 Å². The van der Waals surface area contributed by atoms with Gasteiger partial charge in [-0.05, 0) is 18.9 Å². The van der Waals surface area contributed by atoms with Crippen LogP contribution in [0.25, 0.3) is 0 Å². The monoisotopic (exact) mass is 364 g/mol. The highest BCUT2D eigenvalue weighted by Gasteiger charge is 2.50. The highest BCUT2D eigenvalue weighted by molar-refractivity contribution is 6.07. The summed E-state index contributed by atoms with van der Waals surface area (Å²) in [4.78, 5) is 26.1. The number of β-amino-alcohol motifs (C(OH)–C–C–N with tert-alkyl or cyclic N) is 1. The van der Waals surface area contributed by atoms with Crippen LogP contribution in [0.1, 0.15) is 44.1 Å². The number of halogens is 1. The van der Waals surface area contributed by atoms with Gasteiger partial charge in [0.2, 0.25) is 0 Å². The van der Waals surface area contributed by atoms with E-state index in [0.717, 1.165) is 30.6 Å². The van der Waals surface area contributed by atoms with Crippen LogP contribution in [0.5, 0.6) is 0 Å². The molecule has 6 nitrogen and oxygen atoms in total. The molecule has 1 aromatic rings. The second kappa shape index (κ2) is 8.14. The number of carbonyl (C=O) groups is 2. The third kappa shape index (κ3) is 4.04. The van der Waals surface area contributed by atoms with Crippen molar-refractivity contribution in [3.8, 4) is 0 Å². The summed E-state index contributed by atoms with van der Waals surface area (Å²) in [7, 11) is 0. The van der Waals surface area contributed by atoms with Gasteiger partial charge in [0.05, 0.1) is 25.9 Å². The first kappa shape index (κ1) is 18.8. The molecule has 2 fully saturated rings. The molecule has 7 heteroatoms. The number of ether oxygens (including phenoxy) is 1. The van der Waals surface area contributed by atoms with Crippen molar-refractivity contribution in [1.82, 2.24) is 10.2 Å². The molecule has 1 aromatic carbocycles. The molecule has 0 bridgehead atoms. The molecule has 3 amide bonds. The molecule has 1 saturated heterocycles. The molecule has 2 N–H and O–H groups in total. The summed E-state index contributed by atoms with van der Waals surface area (Å²) >= 11 is 0. The maximum atomic E-state index is 13.5. The second-order valence-corrected chi connectivity index (χ2v) is 7.10. The van der Waals surface area contributed by atoms with Gasteiger partial charge in [-0.2, -0.15) is 0 Å². The van der Waals surface area contributed by atoms with Gasteiger partial charge in [0, 0.05) is 5.56 Å². The third-order valence-corrected chi connectivity index (χ3v) is 5.12. The van der Waals surface area contributed by atoms with E-state index in [1.54, 1.807) is 18.2 Å². The molecule has 26 heavy (non-hydrogen) atoms. The van der Waals surface area contributed by atoms with E-state index >= 15 is 0 Å². The molecule has 0 aromatic heterocycles. The summed E-state index contributed by atoms with van der Waals surface area (Å²) in [6.07, 6.45) is 4.23. The van der Waals surface area contributed by atoms with Crippen molar-refractivity contribution in [3.63, 3.8) is 0 Å². The Hall–Kier alpha value is -1.99. The Balaban J connectivity index is 1.52. The number of rotatable bonds is 6. The minimum absolute atomic E-state index is 0.0216. The van der Waals surface area contributed by atoms with E-state index < -0.39 is 17.7 Å². The first-order chi connectivity index (χ1) is 12.5. The average Bonchev–Trinajstić information content (AvgIpc) is 2.79. The molecule has 1 aliphatic heterocycles. The van der Waals surface area contributed by atoms with Gasteiger partial charge >= 0.3 is 6.03 Å². The van der Waals surface area contributed by atoms with Crippen LogP contribution in [-0.4, -0.2) is 46.7 Å². The Bertz CT molecular complexity index is 659. The smallest absolute Gasteiger partial charge is 0.325 e. The highest BCUT2D eigenvalue weighted by Crippen LogP contribution is 2.32. The molecular formula is C19H25FN2O4. The fourth-order valence-electron chi connectivity index (χ4n) is 3.70. The normalized spacial score (nSPS) is 20.9. The van der Waals surface area contributed by atoms with E-state index in [4.69, 9.17) is 4.74 Å². The van der Waals surface area contributed by atoms with Gasteiger partial charge in [-0.15, -0.1) is 0 Å².